The number of oxazole rings is 1. The van der Waals surface area contributed by atoms with Crippen LogP contribution in [0.3, 0.4) is 0 Å². The van der Waals surface area contributed by atoms with Gasteiger partial charge in [0.05, 0.1) is 12.7 Å². The Kier molecular flexibility index (Phi) is 7.17. The van der Waals surface area contributed by atoms with Gasteiger partial charge in [-0.25, -0.2) is 4.98 Å². The molecule has 3 aromatic rings. The van der Waals surface area contributed by atoms with Crippen molar-refractivity contribution < 1.29 is 22.3 Å². The highest BCUT2D eigenvalue weighted by Gasteiger charge is 2.28. The molecule has 0 aliphatic carbocycles. The minimum atomic E-state index is -4.40. The van der Waals surface area contributed by atoms with Crippen molar-refractivity contribution in [2.75, 3.05) is 13.7 Å². The molecule has 0 bridgehead atoms. The monoisotopic (exact) mass is 432 g/mol. The van der Waals surface area contributed by atoms with Crippen LogP contribution in [0.4, 0.5) is 13.2 Å². The van der Waals surface area contributed by atoms with Gasteiger partial charge in [0.1, 0.15) is 5.75 Å². The number of halogens is 3. The maximum atomic E-state index is 12.5. The van der Waals surface area contributed by atoms with Crippen LogP contribution in [0.25, 0.3) is 11.3 Å². The summed E-state index contributed by atoms with van der Waals surface area (Å²) in [6, 6.07) is 14.7. The summed E-state index contributed by atoms with van der Waals surface area (Å²) in [5, 5.41) is 6.13. The molecule has 3 rings (SSSR count). The summed E-state index contributed by atoms with van der Waals surface area (Å²) in [4.78, 5) is 8.37. The molecule has 1 aromatic heterocycles. The zero-order valence-corrected chi connectivity index (χ0v) is 17.2. The standard InChI is InChI=1S/C22H23F3N4O2/c1-15-8-9-17(18(10-15)30-14-22(23,24)25)11-28-21(26-2)29-13-20-27-12-19(31-20)16-6-4-3-5-7-16/h3-10,12H,11,13-14H2,1-2H3,(H2,26,28,29). The van der Waals surface area contributed by atoms with Crippen LogP contribution in [0.1, 0.15) is 17.0 Å². The number of benzene rings is 2. The molecule has 0 spiro atoms. The molecule has 0 unspecified atom stereocenters. The first-order valence-corrected chi connectivity index (χ1v) is 9.58. The topological polar surface area (TPSA) is 71.7 Å². The van der Waals surface area contributed by atoms with Gasteiger partial charge < -0.3 is 19.8 Å². The number of hydrogen-bond donors (Lipinski definition) is 2. The Morgan fingerprint density at radius 3 is 2.55 bits per heavy atom. The molecular weight excluding hydrogens is 409 g/mol. The highest BCUT2D eigenvalue weighted by Crippen LogP contribution is 2.24. The van der Waals surface area contributed by atoms with E-state index in [4.69, 9.17) is 9.15 Å². The van der Waals surface area contributed by atoms with Crippen molar-refractivity contribution in [2.45, 2.75) is 26.2 Å². The van der Waals surface area contributed by atoms with Crippen molar-refractivity contribution in [3.05, 3.63) is 71.7 Å². The number of nitrogens with zero attached hydrogens (tertiary/aromatic N) is 2. The van der Waals surface area contributed by atoms with E-state index in [0.29, 0.717) is 23.2 Å². The molecule has 164 valence electrons. The molecule has 1 heterocycles. The predicted molar refractivity (Wildman–Crippen MR) is 112 cm³/mol. The lowest BCUT2D eigenvalue weighted by Gasteiger charge is -2.16. The number of nitrogens with one attached hydrogen (secondary N) is 2. The maximum Gasteiger partial charge on any atom is 0.422 e. The van der Waals surface area contributed by atoms with Gasteiger partial charge in [-0.05, 0) is 18.6 Å². The minimum absolute atomic E-state index is 0.181. The molecule has 9 heteroatoms. The highest BCUT2D eigenvalue weighted by molar-refractivity contribution is 5.79. The van der Waals surface area contributed by atoms with E-state index in [9.17, 15) is 13.2 Å². The van der Waals surface area contributed by atoms with E-state index in [0.717, 1.165) is 11.1 Å². The molecular formula is C22H23F3N4O2. The fourth-order valence-corrected chi connectivity index (χ4v) is 2.79. The second-order valence-electron chi connectivity index (χ2n) is 6.78. The number of aryl methyl sites for hydroxylation is 1. The summed E-state index contributed by atoms with van der Waals surface area (Å²) >= 11 is 0. The summed E-state index contributed by atoms with van der Waals surface area (Å²) in [5.41, 5.74) is 2.32. The zero-order chi connectivity index (χ0) is 22.3. The largest absolute Gasteiger partial charge is 0.484 e. The number of guanidine groups is 1. The first-order chi connectivity index (χ1) is 14.8. The summed E-state index contributed by atoms with van der Waals surface area (Å²) in [6.45, 7) is 0.967. The maximum absolute atomic E-state index is 12.5. The van der Waals surface area contributed by atoms with E-state index in [2.05, 4.69) is 20.6 Å². The second-order valence-corrected chi connectivity index (χ2v) is 6.78. The summed E-state index contributed by atoms with van der Waals surface area (Å²) in [7, 11) is 1.59. The van der Waals surface area contributed by atoms with E-state index in [1.54, 1.807) is 32.3 Å². The number of aliphatic imine (C=N–C) groups is 1. The lowest BCUT2D eigenvalue weighted by Crippen LogP contribution is -2.36. The number of alkyl halides is 3. The smallest absolute Gasteiger partial charge is 0.422 e. The van der Waals surface area contributed by atoms with Crippen molar-refractivity contribution in [3.8, 4) is 17.1 Å². The average molecular weight is 432 g/mol. The number of rotatable bonds is 7. The number of ether oxygens (including phenoxy) is 1. The molecule has 0 aliphatic heterocycles. The van der Waals surface area contributed by atoms with Gasteiger partial charge in [0.15, 0.2) is 18.3 Å². The normalized spacial score (nSPS) is 12.0. The van der Waals surface area contributed by atoms with Gasteiger partial charge in [0.25, 0.3) is 0 Å². The van der Waals surface area contributed by atoms with Crippen LogP contribution in [0.2, 0.25) is 0 Å². The Balaban J connectivity index is 1.57. The zero-order valence-electron chi connectivity index (χ0n) is 17.2. The van der Waals surface area contributed by atoms with Crippen LogP contribution in [0, 0.1) is 6.92 Å². The van der Waals surface area contributed by atoms with Crippen molar-refractivity contribution >= 4 is 5.96 Å². The number of aromatic nitrogens is 1. The van der Waals surface area contributed by atoms with E-state index in [1.165, 1.54) is 0 Å². The molecule has 0 amide bonds. The molecule has 0 radical (unpaired) electrons. The minimum Gasteiger partial charge on any atom is -0.484 e. The molecule has 31 heavy (non-hydrogen) atoms. The van der Waals surface area contributed by atoms with Crippen molar-refractivity contribution in [1.29, 1.82) is 0 Å². The van der Waals surface area contributed by atoms with Gasteiger partial charge in [-0.1, -0.05) is 42.5 Å². The summed E-state index contributed by atoms with van der Waals surface area (Å²) < 4.78 is 48.3. The summed E-state index contributed by atoms with van der Waals surface area (Å²) in [6.07, 6.45) is -2.75. The third-order valence-electron chi connectivity index (χ3n) is 4.30. The van der Waals surface area contributed by atoms with Gasteiger partial charge in [-0.2, -0.15) is 13.2 Å². The van der Waals surface area contributed by atoms with Gasteiger partial charge in [-0.15, -0.1) is 0 Å². The fourth-order valence-electron chi connectivity index (χ4n) is 2.79. The van der Waals surface area contributed by atoms with Crippen LogP contribution < -0.4 is 15.4 Å². The van der Waals surface area contributed by atoms with E-state index in [-0.39, 0.29) is 18.8 Å². The molecule has 2 aromatic carbocycles. The molecule has 2 N–H and O–H groups in total. The van der Waals surface area contributed by atoms with Gasteiger partial charge in [-0.3, -0.25) is 4.99 Å². The average Bonchev–Trinajstić information content (AvgIpc) is 3.22. The van der Waals surface area contributed by atoms with Crippen molar-refractivity contribution in [1.82, 2.24) is 15.6 Å². The lowest BCUT2D eigenvalue weighted by molar-refractivity contribution is -0.153. The van der Waals surface area contributed by atoms with E-state index < -0.39 is 12.8 Å². The van der Waals surface area contributed by atoms with Crippen LogP contribution in [-0.2, 0) is 13.1 Å². The van der Waals surface area contributed by atoms with E-state index in [1.807, 2.05) is 36.4 Å². The Morgan fingerprint density at radius 1 is 1.10 bits per heavy atom. The second kappa shape index (κ2) is 10.0. The Labute approximate surface area is 178 Å². The summed E-state index contributed by atoms with van der Waals surface area (Å²) in [5.74, 6) is 1.76. The SMILES string of the molecule is CN=C(NCc1ncc(-c2ccccc2)o1)NCc1ccc(C)cc1OCC(F)(F)F. The van der Waals surface area contributed by atoms with Crippen LogP contribution in [0.5, 0.6) is 5.75 Å². The van der Waals surface area contributed by atoms with Gasteiger partial charge in [0, 0.05) is 24.7 Å². The number of hydrogen-bond acceptors (Lipinski definition) is 4. The van der Waals surface area contributed by atoms with Crippen molar-refractivity contribution in [2.24, 2.45) is 4.99 Å². The molecule has 0 saturated carbocycles. The molecule has 0 fully saturated rings. The molecule has 6 nitrogen and oxygen atoms in total. The Hall–Kier alpha value is -3.49. The van der Waals surface area contributed by atoms with Crippen molar-refractivity contribution in [3.63, 3.8) is 0 Å². The van der Waals surface area contributed by atoms with Crippen LogP contribution in [-0.4, -0.2) is 30.8 Å². The predicted octanol–water partition coefficient (Wildman–Crippen LogP) is 4.46. The van der Waals surface area contributed by atoms with Crippen LogP contribution >= 0.6 is 0 Å². The lowest BCUT2D eigenvalue weighted by atomic mass is 10.1. The van der Waals surface area contributed by atoms with Gasteiger partial charge in [0.2, 0.25) is 5.89 Å². The third kappa shape index (κ3) is 6.77. The molecule has 0 atom stereocenters. The Morgan fingerprint density at radius 2 is 1.84 bits per heavy atom. The third-order valence-corrected chi connectivity index (χ3v) is 4.30. The molecule has 0 saturated heterocycles. The van der Waals surface area contributed by atoms with E-state index >= 15 is 0 Å². The Bertz CT molecular complexity index is 1020. The quantitative estimate of drug-likeness (QED) is 0.426. The highest BCUT2D eigenvalue weighted by atomic mass is 19.4. The fraction of sp³-hybridized carbons (Fsp3) is 0.273. The molecule has 0 aliphatic rings. The first kappa shape index (κ1) is 22.2. The van der Waals surface area contributed by atoms with Crippen LogP contribution in [0.15, 0.2) is 64.1 Å². The first-order valence-electron chi connectivity index (χ1n) is 9.58. The van der Waals surface area contributed by atoms with Gasteiger partial charge >= 0.3 is 6.18 Å².